The van der Waals surface area contributed by atoms with Crippen molar-refractivity contribution >= 4 is 33.3 Å². The molecule has 12 heteroatoms. The van der Waals surface area contributed by atoms with E-state index in [1.54, 1.807) is 0 Å². The van der Waals surface area contributed by atoms with Gasteiger partial charge in [-0.1, -0.05) is 17.7 Å². The van der Waals surface area contributed by atoms with Crippen molar-refractivity contribution in [3.63, 3.8) is 0 Å². The predicted molar refractivity (Wildman–Crippen MR) is 123 cm³/mol. The Bertz CT molecular complexity index is 1370. The number of piperidine rings is 1. The summed E-state index contributed by atoms with van der Waals surface area (Å²) in [6, 6.07) is 4.19. The quantitative estimate of drug-likeness (QED) is 0.566. The van der Waals surface area contributed by atoms with Gasteiger partial charge in [-0.3, -0.25) is 9.59 Å². The van der Waals surface area contributed by atoms with Crippen molar-refractivity contribution in [2.24, 2.45) is 5.92 Å². The number of alkyl halides is 1. The van der Waals surface area contributed by atoms with E-state index in [1.165, 1.54) is 29.2 Å². The molecule has 192 valence electrons. The summed E-state index contributed by atoms with van der Waals surface area (Å²) >= 11 is 5.63. The van der Waals surface area contributed by atoms with Crippen molar-refractivity contribution < 1.29 is 35.9 Å². The van der Waals surface area contributed by atoms with Gasteiger partial charge in [0.05, 0.1) is 29.2 Å². The maximum absolute atomic E-state index is 15.5. The third-order valence-electron chi connectivity index (χ3n) is 6.99. The number of hydrogen-bond donors (Lipinski definition) is 1. The molecule has 0 spiro atoms. The number of halogens is 4. The van der Waals surface area contributed by atoms with Gasteiger partial charge in [-0.05, 0) is 49.1 Å². The van der Waals surface area contributed by atoms with E-state index < -0.39 is 74.8 Å². The Labute approximate surface area is 210 Å². The van der Waals surface area contributed by atoms with Gasteiger partial charge in [0.15, 0.2) is 15.5 Å². The number of rotatable bonds is 6. The first-order valence-electron chi connectivity index (χ1n) is 11.2. The van der Waals surface area contributed by atoms with Gasteiger partial charge in [0.25, 0.3) is 5.91 Å². The van der Waals surface area contributed by atoms with Crippen molar-refractivity contribution in [1.82, 2.24) is 10.2 Å². The molecule has 2 aromatic rings. The SMILES string of the molecule is CS(=O)(=O)c1cccc(C(=O)N2[C@@H](C(=O)NC(c3cc(F)c(Cl)cc3F)C3(F)COC3)C[C@H]3C[C@H]32)c1. The van der Waals surface area contributed by atoms with Crippen LogP contribution >= 0.6 is 11.6 Å². The van der Waals surface area contributed by atoms with Crippen LogP contribution in [0.1, 0.15) is 34.8 Å². The van der Waals surface area contributed by atoms with Gasteiger partial charge in [0.1, 0.15) is 17.7 Å². The van der Waals surface area contributed by atoms with Crippen LogP contribution in [0.15, 0.2) is 41.3 Å². The van der Waals surface area contributed by atoms with Gasteiger partial charge in [0, 0.05) is 23.4 Å². The summed E-state index contributed by atoms with van der Waals surface area (Å²) in [4.78, 5) is 28.1. The van der Waals surface area contributed by atoms with Gasteiger partial charge in [0.2, 0.25) is 5.91 Å². The molecule has 2 aromatic carbocycles. The van der Waals surface area contributed by atoms with Gasteiger partial charge in [-0.15, -0.1) is 0 Å². The average Bonchev–Trinajstić information content (AvgIpc) is 3.47. The number of fused-ring (bicyclic) bond motifs is 1. The van der Waals surface area contributed by atoms with Crippen LogP contribution in [0.5, 0.6) is 0 Å². The summed E-state index contributed by atoms with van der Waals surface area (Å²) in [6.07, 6.45) is 2.02. The topological polar surface area (TPSA) is 92.8 Å². The standard InChI is InChI=1S/C24H22ClF3N2O5S/c1-36(33,34)14-4-2-3-12(5-14)23(32)30-19-6-13(19)7-20(30)22(31)29-21(24(28)10-35-11-24)15-8-18(27)16(25)9-17(15)26/h2-5,8-9,13,19-21H,6-7,10-11H2,1H3,(H,29,31)/t13-,19-,20-,21?/m1/s1. The molecule has 1 unspecified atom stereocenters. The van der Waals surface area contributed by atoms with Gasteiger partial charge < -0.3 is 15.0 Å². The number of benzene rings is 2. The zero-order valence-electron chi connectivity index (χ0n) is 19.0. The van der Waals surface area contributed by atoms with E-state index in [2.05, 4.69) is 5.32 Å². The first kappa shape index (κ1) is 25.0. The molecule has 36 heavy (non-hydrogen) atoms. The molecule has 4 atom stereocenters. The summed E-state index contributed by atoms with van der Waals surface area (Å²) in [5.41, 5.74) is -2.50. The normalized spacial score (nSPS) is 25.0. The molecule has 2 aliphatic heterocycles. The van der Waals surface area contributed by atoms with Crippen LogP contribution < -0.4 is 5.32 Å². The zero-order valence-corrected chi connectivity index (χ0v) is 20.6. The Morgan fingerprint density at radius 3 is 2.53 bits per heavy atom. The number of carbonyl (C=O) groups excluding carboxylic acids is 2. The van der Waals surface area contributed by atoms with E-state index in [1.807, 2.05) is 0 Å². The summed E-state index contributed by atoms with van der Waals surface area (Å²) in [5.74, 6) is -3.15. The lowest BCUT2D eigenvalue weighted by Crippen LogP contribution is -2.58. The number of ether oxygens (including phenoxy) is 1. The minimum Gasteiger partial charge on any atom is -0.374 e. The second kappa shape index (κ2) is 8.74. The van der Waals surface area contributed by atoms with Crippen LogP contribution in [-0.2, 0) is 19.4 Å². The highest BCUT2D eigenvalue weighted by Crippen LogP contribution is 2.49. The largest absolute Gasteiger partial charge is 0.374 e. The average molecular weight is 543 g/mol. The fourth-order valence-electron chi connectivity index (χ4n) is 4.94. The fourth-order valence-corrected chi connectivity index (χ4v) is 5.76. The van der Waals surface area contributed by atoms with Crippen LogP contribution in [0.4, 0.5) is 13.2 Å². The Morgan fingerprint density at radius 2 is 1.89 bits per heavy atom. The molecule has 3 aliphatic rings. The van der Waals surface area contributed by atoms with E-state index in [0.29, 0.717) is 18.9 Å². The monoisotopic (exact) mass is 542 g/mol. The molecule has 1 N–H and O–H groups in total. The molecule has 5 rings (SSSR count). The summed E-state index contributed by atoms with van der Waals surface area (Å²) in [7, 11) is -3.56. The van der Waals surface area contributed by atoms with Crippen LogP contribution in [-0.4, -0.2) is 62.4 Å². The number of likely N-dealkylation sites (tertiary alicyclic amines) is 1. The van der Waals surface area contributed by atoms with Crippen molar-refractivity contribution in [2.75, 3.05) is 19.5 Å². The van der Waals surface area contributed by atoms with Crippen LogP contribution in [0.3, 0.4) is 0 Å². The highest BCUT2D eigenvalue weighted by Gasteiger charge is 2.57. The predicted octanol–water partition coefficient (Wildman–Crippen LogP) is 3.22. The van der Waals surface area contributed by atoms with E-state index in [4.69, 9.17) is 16.3 Å². The van der Waals surface area contributed by atoms with Gasteiger partial charge >= 0.3 is 0 Å². The molecule has 0 aromatic heterocycles. The van der Waals surface area contributed by atoms with Crippen molar-refractivity contribution in [3.05, 3.63) is 64.2 Å². The molecule has 7 nitrogen and oxygen atoms in total. The fraction of sp³-hybridized carbons (Fsp3) is 0.417. The molecule has 1 saturated carbocycles. The molecule has 0 bridgehead atoms. The Hall–Kier alpha value is -2.63. The van der Waals surface area contributed by atoms with E-state index in [-0.39, 0.29) is 22.4 Å². The lowest BCUT2D eigenvalue weighted by atomic mass is 9.87. The summed E-state index contributed by atoms with van der Waals surface area (Å²) in [5, 5.41) is 2.00. The third-order valence-corrected chi connectivity index (χ3v) is 8.39. The third kappa shape index (κ3) is 4.37. The molecule has 2 heterocycles. The van der Waals surface area contributed by atoms with Crippen LogP contribution in [0.25, 0.3) is 0 Å². The second-order valence-electron chi connectivity index (χ2n) is 9.58. The van der Waals surface area contributed by atoms with E-state index in [9.17, 15) is 26.8 Å². The summed E-state index contributed by atoms with van der Waals surface area (Å²) < 4.78 is 73.1. The first-order chi connectivity index (χ1) is 16.9. The number of amides is 2. The Kier molecular flexibility index (Phi) is 6.08. The minimum absolute atomic E-state index is 0.0365. The number of nitrogens with zero attached hydrogens (tertiary/aromatic N) is 1. The van der Waals surface area contributed by atoms with Crippen LogP contribution in [0.2, 0.25) is 5.02 Å². The van der Waals surface area contributed by atoms with Crippen molar-refractivity contribution in [2.45, 2.75) is 41.5 Å². The smallest absolute Gasteiger partial charge is 0.254 e. The Balaban J connectivity index is 1.43. The maximum atomic E-state index is 15.5. The van der Waals surface area contributed by atoms with Crippen molar-refractivity contribution in [1.29, 1.82) is 0 Å². The van der Waals surface area contributed by atoms with Crippen LogP contribution in [0, 0.1) is 17.6 Å². The van der Waals surface area contributed by atoms with E-state index >= 15 is 4.39 Å². The number of carbonyl (C=O) groups is 2. The molecule has 0 radical (unpaired) electrons. The highest BCUT2D eigenvalue weighted by atomic mass is 35.5. The highest BCUT2D eigenvalue weighted by molar-refractivity contribution is 7.90. The molecule has 3 fully saturated rings. The van der Waals surface area contributed by atoms with E-state index in [0.717, 1.165) is 12.3 Å². The minimum atomic E-state index is -3.56. The lowest BCUT2D eigenvalue weighted by molar-refractivity contribution is -0.155. The molecular formula is C24H22ClF3N2O5S. The van der Waals surface area contributed by atoms with Crippen molar-refractivity contribution in [3.8, 4) is 0 Å². The molecule has 1 aliphatic carbocycles. The summed E-state index contributed by atoms with van der Waals surface area (Å²) in [6.45, 7) is -0.864. The zero-order chi connectivity index (χ0) is 26.0. The maximum Gasteiger partial charge on any atom is 0.254 e. The molecule has 2 saturated heterocycles. The number of nitrogens with one attached hydrogen (secondary N) is 1. The molecule has 2 amide bonds. The van der Waals surface area contributed by atoms with Gasteiger partial charge in [-0.2, -0.15) is 0 Å². The van der Waals surface area contributed by atoms with Gasteiger partial charge in [-0.25, -0.2) is 21.6 Å². The Morgan fingerprint density at radius 1 is 1.17 bits per heavy atom. The second-order valence-corrected chi connectivity index (χ2v) is 12.0. The number of hydrogen-bond acceptors (Lipinski definition) is 5. The molecular weight excluding hydrogens is 521 g/mol. The first-order valence-corrected chi connectivity index (χ1v) is 13.5. The lowest BCUT2D eigenvalue weighted by Gasteiger charge is -2.41. The number of sulfone groups is 1.